The van der Waals surface area contributed by atoms with E-state index in [0.717, 1.165) is 4.90 Å². The highest BCUT2D eigenvalue weighted by molar-refractivity contribution is 5.67. The molecule has 0 aromatic rings. The fraction of sp³-hybridized carbons (Fsp3) is 0.900. The van der Waals surface area contributed by atoms with Crippen molar-refractivity contribution in [3.05, 3.63) is 0 Å². The number of β-amino-alcohol motifs (C(OH)–C–C–N with tert-alkyl or cyclic N) is 1. The fourth-order valence-electron chi connectivity index (χ4n) is 2.31. The highest BCUT2D eigenvalue weighted by Gasteiger charge is 2.54. The van der Waals surface area contributed by atoms with Gasteiger partial charge in [0.1, 0.15) is 0 Å². The summed E-state index contributed by atoms with van der Waals surface area (Å²) in [6, 6.07) is 0. The molecule has 15 heavy (non-hydrogen) atoms. The highest BCUT2D eigenvalue weighted by atomic mass is 16.4. The lowest BCUT2D eigenvalue weighted by molar-refractivity contribution is -0.0122. The van der Waals surface area contributed by atoms with E-state index in [4.69, 9.17) is 5.11 Å². The zero-order valence-electron chi connectivity index (χ0n) is 9.40. The molecule has 1 rings (SSSR count). The lowest BCUT2D eigenvalue weighted by Gasteiger charge is -2.45. The van der Waals surface area contributed by atoms with Crippen molar-refractivity contribution in [3.63, 3.8) is 0 Å². The van der Waals surface area contributed by atoms with Crippen molar-refractivity contribution in [3.8, 4) is 0 Å². The lowest BCUT2D eigenvalue weighted by atomic mass is 9.72. The Balaban J connectivity index is 3.11. The summed E-state index contributed by atoms with van der Waals surface area (Å²) >= 11 is 0. The molecule has 5 heteroatoms. The Morgan fingerprint density at radius 2 is 2.07 bits per heavy atom. The number of nitrogens with zero attached hydrogens (tertiary/aromatic N) is 1. The van der Waals surface area contributed by atoms with Gasteiger partial charge in [0.05, 0.1) is 24.8 Å². The predicted molar refractivity (Wildman–Crippen MR) is 54.6 cm³/mol. The second kappa shape index (κ2) is 3.64. The van der Waals surface area contributed by atoms with E-state index in [-0.39, 0.29) is 13.2 Å². The first-order valence-electron chi connectivity index (χ1n) is 5.04. The third kappa shape index (κ3) is 1.81. The molecule has 0 aliphatic carbocycles. The number of hydrogen-bond acceptors (Lipinski definition) is 3. The summed E-state index contributed by atoms with van der Waals surface area (Å²) in [5, 5.41) is 28.1. The number of carbonyl (C=O) groups is 1. The summed E-state index contributed by atoms with van der Waals surface area (Å²) in [6.45, 7) is 5.43. The van der Waals surface area contributed by atoms with E-state index in [2.05, 4.69) is 0 Å². The second-order valence-electron chi connectivity index (χ2n) is 5.19. The van der Waals surface area contributed by atoms with Gasteiger partial charge in [0.25, 0.3) is 0 Å². The van der Waals surface area contributed by atoms with Gasteiger partial charge < -0.3 is 15.3 Å². The van der Waals surface area contributed by atoms with Gasteiger partial charge in [-0.2, -0.15) is 0 Å². The molecule has 0 saturated carbocycles. The molecule has 1 fully saturated rings. The average molecular weight is 217 g/mol. The molecule has 0 radical (unpaired) electrons. The van der Waals surface area contributed by atoms with Crippen molar-refractivity contribution in [2.24, 2.45) is 5.41 Å². The quantitative estimate of drug-likeness (QED) is 0.597. The van der Waals surface area contributed by atoms with Crippen molar-refractivity contribution in [1.82, 2.24) is 4.90 Å². The smallest absolute Gasteiger partial charge is 0.407 e. The topological polar surface area (TPSA) is 81.0 Å². The number of aliphatic hydroxyl groups excluding tert-OH is 2. The number of amides is 1. The van der Waals surface area contributed by atoms with Crippen LogP contribution >= 0.6 is 0 Å². The maximum Gasteiger partial charge on any atom is 0.407 e. The number of hydrogen-bond donors (Lipinski definition) is 3. The molecule has 1 aliphatic rings. The van der Waals surface area contributed by atoms with Gasteiger partial charge in [-0.1, -0.05) is 20.8 Å². The Labute approximate surface area is 89.3 Å². The molecular formula is C10H19NO4. The van der Waals surface area contributed by atoms with Crippen LogP contribution in [0.25, 0.3) is 0 Å². The van der Waals surface area contributed by atoms with E-state index in [0.29, 0.717) is 6.42 Å². The molecule has 1 heterocycles. The summed E-state index contributed by atoms with van der Waals surface area (Å²) in [7, 11) is 0. The van der Waals surface area contributed by atoms with Crippen LogP contribution in [0.2, 0.25) is 0 Å². The number of aliphatic hydroxyl groups is 2. The maximum absolute atomic E-state index is 11.1. The Hall–Kier alpha value is -0.810. The highest BCUT2D eigenvalue weighted by Crippen LogP contribution is 2.43. The number of rotatable bonds is 1. The normalized spacial score (nSPS) is 32.1. The van der Waals surface area contributed by atoms with Crippen molar-refractivity contribution >= 4 is 6.09 Å². The largest absolute Gasteiger partial charge is 0.465 e. The van der Waals surface area contributed by atoms with E-state index in [1.807, 2.05) is 20.8 Å². The third-order valence-electron chi connectivity index (χ3n) is 3.37. The van der Waals surface area contributed by atoms with Crippen LogP contribution in [-0.2, 0) is 0 Å². The average Bonchev–Trinajstić information content (AvgIpc) is 2.42. The summed E-state index contributed by atoms with van der Waals surface area (Å²) in [5.74, 6) is 0. The van der Waals surface area contributed by atoms with Crippen molar-refractivity contribution in [2.75, 3.05) is 13.2 Å². The Morgan fingerprint density at radius 1 is 1.53 bits per heavy atom. The lowest BCUT2D eigenvalue weighted by Crippen LogP contribution is -2.57. The Morgan fingerprint density at radius 3 is 2.33 bits per heavy atom. The minimum Gasteiger partial charge on any atom is -0.465 e. The first kappa shape index (κ1) is 12.3. The predicted octanol–water partition coefficient (Wildman–Crippen LogP) is 0.508. The van der Waals surface area contributed by atoms with E-state index in [1.165, 1.54) is 0 Å². The van der Waals surface area contributed by atoms with Gasteiger partial charge in [-0.05, 0) is 5.41 Å². The number of carboxylic acid groups (broad SMARTS) is 1. The van der Waals surface area contributed by atoms with Crippen LogP contribution in [0.4, 0.5) is 4.79 Å². The molecule has 0 bridgehead atoms. The third-order valence-corrected chi connectivity index (χ3v) is 3.37. The van der Waals surface area contributed by atoms with Gasteiger partial charge in [-0.25, -0.2) is 4.79 Å². The first-order valence-corrected chi connectivity index (χ1v) is 5.04. The molecule has 1 amide bonds. The molecule has 0 unspecified atom stereocenters. The van der Waals surface area contributed by atoms with Crippen molar-refractivity contribution in [2.45, 2.75) is 38.8 Å². The first-order chi connectivity index (χ1) is 6.74. The van der Waals surface area contributed by atoms with E-state index in [1.54, 1.807) is 0 Å². The number of likely N-dealkylation sites (tertiary alicyclic amines) is 1. The van der Waals surface area contributed by atoms with Crippen molar-refractivity contribution < 1.29 is 20.1 Å². The van der Waals surface area contributed by atoms with Crippen LogP contribution in [0.1, 0.15) is 27.2 Å². The standard InChI is InChI=1S/C10H19NO4/c1-9(2,3)10(6-12)4-7(13)5-11(10)8(14)15/h7,12-13H,4-6H2,1-3H3,(H,14,15)/t7-,10+/m1/s1. The maximum atomic E-state index is 11.1. The van der Waals surface area contributed by atoms with Crippen LogP contribution in [0, 0.1) is 5.41 Å². The van der Waals surface area contributed by atoms with Crippen LogP contribution < -0.4 is 0 Å². The van der Waals surface area contributed by atoms with Crippen LogP contribution in [0.15, 0.2) is 0 Å². The molecule has 1 saturated heterocycles. The van der Waals surface area contributed by atoms with E-state index in [9.17, 15) is 15.0 Å². The summed E-state index contributed by atoms with van der Waals surface area (Å²) < 4.78 is 0. The molecule has 0 spiro atoms. The van der Waals surface area contributed by atoms with Gasteiger partial charge >= 0.3 is 6.09 Å². The van der Waals surface area contributed by atoms with Crippen LogP contribution in [0.3, 0.4) is 0 Å². The molecule has 88 valence electrons. The summed E-state index contributed by atoms with van der Waals surface area (Å²) in [5.41, 5.74) is -1.28. The zero-order valence-corrected chi connectivity index (χ0v) is 9.40. The van der Waals surface area contributed by atoms with Gasteiger partial charge in [-0.15, -0.1) is 0 Å². The molecule has 5 nitrogen and oxygen atoms in total. The van der Waals surface area contributed by atoms with Gasteiger partial charge in [0.15, 0.2) is 0 Å². The molecule has 3 N–H and O–H groups in total. The monoisotopic (exact) mass is 217 g/mol. The minimum atomic E-state index is -1.09. The van der Waals surface area contributed by atoms with Gasteiger partial charge in [0, 0.05) is 6.42 Å². The summed E-state index contributed by atoms with van der Waals surface area (Å²) in [4.78, 5) is 12.2. The molecule has 0 aromatic carbocycles. The molecular weight excluding hydrogens is 198 g/mol. The Bertz CT molecular complexity index is 261. The van der Waals surface area contributed by atoms with Gasteiger partial charge in [0.2, 0.25) is 0 Å². The SMILES string of the molecule is CC(C)(C)[C@@]1(CO)C[C@@H](O)CN1C(=O)O. The summed E-state index contributed by atoms with van der Waals surface area (Å²) in [6.07, 6.45) is -1.48. The van der Waals surface area contributed by atoms with Crippen molar-refractivity contribution in [1.29, 1.82) is 0 Å². The molecule has 1 aliphatic heterocycles. The zero-order chi connectivity index (χ0) is 11.9. The van der Waals surface area contributed by atoms with E-state index < -0.39 is 23.2 Å². The minimum absolute atomic E-state index is 0.0766. The van der Waals surface area contributed by atoms with E-state index >= 15 is 0 Å². The van der Waals surface area contributed by atoms with Crippen LogP contribution in [0.5, 0.6) is 0 Å². The van der Waals surface area contributed by atoms with Gasteiger partial charge in [-0.3, -0.25) is 4.90 Å². The Kier molecular flexibility index (Phi) is 2.98. The fourth-order valence-corrected chi connectivity index (χ4v) is 2.31. The molecule has 0 aromatic heterocycles. The second-order valence-corrected chi connectivity index (χ2v) is 5.19. The molecule has 2 atom stereocenters. The van der Waals surface area contributed by atoms with Crippen LogP contribution in [-0.4, -0.2) is 51.1 Å².